The number of rotatable bonds is 3. The lowest BCUT2D eigenvalue weighted by atomic mass is 9.48. The molecular formula is C27H38N2O5. The van der Waals surface area contributed by atoms with Crippen LogP contribution in [0.15, 0.2) is 12.1 Å². The number of likely N-dealkylation sites (N-methyl/N-ethyl adjacent to an activating group) is 1. The number of likely N-dealkylation sites (tertiary alicyclic amines) is 2. The number of benzene rings is 1. The van der Waals surface area contributed by atoms with Crippen LogP contribution in [0.25, 0.3) is 0 Å². The van der Waals surface area contributed by atoms with E-state index in [2.05, 4.69) is 22.9 Å². The minimum absolute atomic E-state index is 0.0742. The number of methoxy groups -OCH3 is 1. The highest BCUT2D eigenvalue weighted by atomic mass is 16.6. The van der Waals surface area contributed by atoms with E-state index in [4.69, 9.17) is 14.2 Å². The summed E-state index contributed by atoms with van der Waals surface area (Å²) in [5, 5.41) is 10.9. The third kappa shape index (κ3) is 2.78. The Morgan fingerprint density at radius 1 is 1.21 bits per heavy atom. The van der Waals surface area contributed by atoms with Gasteiger partial charge in [0.15, 0.2) is 11.5 Å². The van der Waals surface area contributed by atoms with Crippen LogP contribution in [0.2, 0.25) is 0 Å². The molecule has 2 saturated heterocycles. The average Bonchev–Trinajstić information content (AvgIpc) is 3.39. The maximum atomic E-state index is 13.2. The summed E-state index contributed by atoms with van der Waals surface area (Å²) in [5.74, 6) is 0.732. The van der Waals surface area contributed by atoms with Crippen molar-refractivity contribution in [3.8, 4) is 11.5 Å². The molecule has 1 spiro atoms. The zero-order chi connectivity index (χ0) is 24.0. The molecule has 7 heteroatoms. The van der Waals surface area contributed by atoms with E-state index in [9.17, 15) is 9.90 Å². The number of carbonyl (C=O) groups excluding carboxylic acids is 1. The van der Waals surface area contributed by atoms with E-state index in [1.807, 2.05) is 27.9 Å². The molecule has 3 heterocycles. The van der Waals surface area contributed by atoms with Crippen molar-refractivity contribution >= 4 is 5.97 Å². The second kappa shape index (κ2) is 7.34. The lowest BCUT2D eigenvalue weighted by molar-refractivity contribution is -0.213. The van der Waals surface area contributed by atoms with Crippen molar-refractivity contribution < 1.29 is 24.1 Å². The summed E-state index contributed by atoms with van der Waals surface area (Å²) >= 11 is 0. The lowest BCUT2D eigenvalue weighted by Gasteiger charge is -2.66. The Kier molecular flexibility index (Phi) is 4.88. The highest BCUT2D eigenvalue weighted by molar-refractivity contribution is 5.76. The topological polar surface area (TPSA) is 71.5 Å². The van der Waals surface area contributed by atoms with Crippen LogP contribution in [0.5, 0.6) is 11.5 Å². The van der Waals surface area contributed by atoms with Gasteiger partial charge in [-0.25, -0.2) is 0 Å². The van der Waals surface area contributed by atoms with Crippen LogP contribution in [0, 0.1) is 0 Å². The summed E-state index contributed by atoms with van der Waals surface area (Å²) in [5.41, 5.74) is 1.23. The summed E-state index contributed by atoms with van der Waals surface area (Å²) in [6.07, 6.45) is 5.26. The molecule has 6 rings (SSSR count). The van der Waals surface area contributed by atoms with Gasteiger partial charge in [-0.2, -0.15) is 0 Å². The van der Waals surface area contributed by atoms with Crippen LogP contribution in [0.3, 0.4) is 0 Å². The first-order valence-corrected chi connectivity index (χ1v) is 12.9. The van der Waals surface area contributed by atoms with E-state index in [0.29, 0.717) is 5.75 Å². The molecule has 6 atom stereocenters. The Balaban J connectivity index is 1.45. The highest BCUT2D eigenvalue weighted by Gasteiger charge is 2.74. The third-order valence-electron chi connectivity index (χ3n) is 9.42. The second-order valence-electron chi connectivity index (χ2n) is 12.0. The Morgan fingerprint density at radius 2 is 2.00 bits per heavy atom. The van der Waals surface area contributed by atoms with Gasteiger partial charge in [0.1, 0.15) is 17.7 Å². The number of hydrogen-bond acceptors (Lipinski definition) is 7. The molecule has 5 aliphatic rings. The zero-order valence-electron chi connectivity index (χ0n) is 21.1. The zero-order valence-corrected chi connectivity index (χ0v) is 21.1. The van der Waals surface area contributed by atoms with E-state index >= 15 is 0 Å². The average molecular weight is 471 g/mol. The van der Waals surface area contributed by atoms with Crippen molar-refractivity contribution in [1.29, 1.82) is 0 Å². The predicted molar refractivity (Wildman–Crippen MR) is 127 cm³/mol. The van der Waals surface area contributed by atoms with Crippen LogP contribution in [0.1, 0.15) is 64.0 Å². The number of piperidine rings is 1. The van der Waals surface area contributed by atoms with Gasteiger partial charge in [0.2, 0.25) is 0 Å². The molecule has 2 aliphatic carbocycles. The van der Waals surface area contributed by atoms with Crippen LogP contribution in [-0.2, 0) is 26.1 Å². The maximum absolute atomic E-state index is 13.2. The van der Waals surface area contributed by atoms with Crippen molar-refractivity contribution in [3.63, 3.8) is 0 Å². The molecule has 2 unspecified atom stereocenters. The fourth-order valence-electron chi connectivity index (χ4n) is 8.26. The Bertz CT molecular complexity index is 1020. The number of ether oxygens (including phenoxy) is 3. The summed E-state index contributed by atoms with van der Waals surface area (Å²) in [4.78, 5) is 18.0. The van der Waals surface area contributed by atoms with Gasteiger partial charge in [-0.15, -0.1) is 0 Å². The smallest absolute Gasteiger partial charge is 0.323 e. The SMILES string of the molecule is CO[C@@]12CC[C@H](N3CCC[C@H]3C(=O)OC(C)(C)C)[C@@H]3Oc4c(O)ccc5c4C31CCN(C)C2C5. The molecule has 1 aromatic carbocycles. The molecule has 1 aromatic rings. The summed E-state index contributed by atoms with van der Waals surface area (Å²) in [6, 6.07) is 3.95. The normalized spacial score (nSPS) is 39.0. The Labute approximate surface area is 202 Å². The number of carbonyl (C=O) groups is 1. The number of esters is 1. The molecule has 3 fully saturated rings. The fraction of sp³-hybridized carbons (Fsp3) is 0.741. The molecule has 7 nitrogen and oxygen atoms in total. The molecule has 1 saturated carbocycles. The van der Waals surface area contributed by atoms with Crippen LogP contribution in [-0.4, -0.2) is 83.6 Å². The van der Waals surface area contributed by atoms with Crippen LogP contribution >= 0.6 is 0 Å². The number of aromatic hydroxyl groups is 1. The van der Waals surface area contributed by atoms with Gasteiger partial charge in [0, 0.05) is 24.8 Å². The standard InChI is InChI=1S/C27H38N2O5/c1-25(2,3)34-24(31)18-7-6-13-29(18)17-10-11-27(32-5)20-15-16-8-9-19(30)22-21(16)26(27,23(17)33-22)12-14-28(20)4/h8-9,17-18,20,23,30H,6-7,10-15H2,1-5H3/t17-,18-,20?,23-,26?,27+/m0/s1. The molecular weight excluding hydrogens is 432 g/mol. The second-order valence-corrected chi connectivity index (χ2v) is 12.0. The van der Waals surface area contributed by atoms with Gasteiger partial charge in [-0.05, 0) is 91.1 Å². The quantitative estimate of drug-likeness (QED) is 0.681. The van der Waals surface area contributed by atoms with E-state index in [-0.39, 0.29) is 47.0 Å². The molecule has 186 valence electrons. The van der Waals surface area contributed by atoms with Gasteiger partial charge < -0.3 is 24.2 Å². The summed E-state index contributed by atoms with van der Waals surface area (Å²) in [7, 11) is 4.07. The molecule has 3 aliphatic heterocycles. The van der Waals surface area contributed by atoms with E-state index < -0.39 is 5.60 Å². The van der Waals surface area contributed by atoms with Crippen molar-refractivity contribution in [2.24, 2.45) is 0 Å². The number of phenols is 1. The van der Waals surface area contributed by atoms with E-state index in [0.717, 1.165) is 51.6 Å². The predicted octanol–water partition coefficient (Wildman–Crippen LogP) is 3.00. The summed E-state index contributed by atoms with van der Waals surface area (Å²) in [6.45, 7) is 7.62. The molecule has 0 radical (unpaired) electrons. The van der Waals surface area contributed by atoms with Crippen LogP contribution in [0.4, 0.5) is 0 Å². The minimum Gasteiger partial charge on any atom is -0.504 e. The number of nitrogens with zero attached hydrogens (tertiary/aromatic N) is 2. The van der Waals surface area contributed by atoms with Crippen molar-refractivity contribution in [2.75, 3.05) is 27.2 Å². The van der Waals surface area contributed by atoms with E-state index in [1.54, 1.807) is 6.07 Å². The molecule has 0 aromatic heterocycles. The van der Waals surface area contributed by atoms with Gasteiger partial charge in [-0.1, -0.05) is 6.07 Å². The molecule has 1 N–H and O–H groups in total. The molecule has 2 bridgehead atoms. The third-order valence-corrected chi connectivity index (χ3v) is 9.42. The molecule has 34 heavy (non-hydrogen) atoms. The van der Waals surface area contributed by atoms with Gasteiger partial charge in [0.05, 0.1) is 11.0 Å². The number of hydrogen-bond donors (Lipinski definition) is 1. The van der Waals surface area contributed by atoms with Crippen LogP contribution < -0.4 is 4.74 Å². The fourth-order valence-corrected chi connectivity index (χ4v) is 8.26. The maximum Gasteiger partial charge on any atom is 0.323 e. The van der Waals surface area contributed by atoms with Crippen molar-refractivity contribution in [1.82, 2.24) is 9.80 Å². The Morgan fingerprint density at radius 3 is 2.74 bits per heavy atom. The Hall–Kier alpha value is -1.83. The van der Waals surface area contributed by atoms with Crippen molar-refractivity contribution in [2.45, 2.75) is 100 Å². The first kappa shape index (κ1) is 22.6. The highest BCUT2D eigenvalue weighted by Crippen LogP contribution is 2.66. The lowest BCUT2D eigenvalue weighted by Crippen LogP contribution is -2.78. The van der Waals surface area contributed by atoms with Crippen molar-refractivity contribution in [3.05, 3.63) is 23.3 Å². The number of phenolic OH excluding ortho intramolecular Hbond substituents is 1. The monoisotopic (exact) mass is 470 g/mol. The summed E-state index contributed by atoms with van der Waals surface area (Å²) < 4.78 is 19.2. The largest absolute Gasteiger partial charge is 0.504 e. The van der Waals surface area contributed by atoms with Gasteiger partial charge >= 0.3 is 5.97 Å². The van der Waals surface area contributed by atoms with E-state index in [1.165, 1.54) is 11.1 Å². The first-order valence-electron chi connectivity index (χ1n) is 12.9. The van der Waals surface area contributed by atoms with Gasteiger partial charge in [0.25, 0.3) is 0 Å². The minimum atomic E-state index is -0.507. The molecule has 0 amide bonds. The first-order chi connectivity index (χ1) is 16.1. The van der Waals surface area contributed by atoms with Gasteiger partial charge in [-0.3, -0.25) is 9.69 Å².